The highest BCUT2D eigenvalue weighted by Crippen LogP contribution is 2.43. The largest absolute Gasteiger partial charge is 0.493 e. The van der Waals surface area contributed by atoms with Gasteiger partial charge in [0.1, 0.15) is 0 Å². The number of benzene rings is 3. The minimum atomic E-state index is -3.89. The van der Waals surface area contributed by atoms with Crippen LogP contribution < -0.4 is 9.47 Å². The highest BCUT2D eigenvalue weighted by molar-refractivity contribution is 9.10. The van der Waals surface area contributed by atoms with Crippen molar-refractivity contribution in [2.45, 2.75) is 17.4 Å². The van der Waals surface area contributed by atoms with Gasteiger partial charge in [-0.15, -0.1) is 0 Å². The van der Waals surface area contributed by atoms with Crippen LogP contribution in [0.2, 0.25) is 0 Å². The third-order valence-electron chi connectivity index (χ3n) is 5.13. The minimum Gasteiger partial charge on any atom is -0.493 e. The predicted molar refractivity (Wildman–Crippen MR) is 123 cm³/mol. The minimum absolute atomic E-state index is 0.183. The normalized spacial score (nSPS) is 16.2. The summed E-state index contributed by atoms with van der Waals surface area (Å²) < 4.78 is 40.2. The Morgan fingerprint density at radius 2 is 1.65 bits per heavy atom. The van der Waals surface area contributed by atoms with Crippen molar-refractivity contribution in [1.82, 2.24) is 4.41 Å². The van der Waals surface area contributed by atoms with Crippen LogP contribution in [0.3, 0.4) is 0 Å². The molecule has 0 unspecified atom stereocenters. The van der Waals surface area contributed by atoms with E-state index in [1.807, 2.05) is 36.4 Å². The van der Waals surface area contributed by atoms with Crippen LogP contribution in [-0.4, -0.2) is 32.8 Å². The standard InChI is InChI=1S/C23H21BrN2O4S/c1-29-22-10-6-9-19(23(22)30-2)21-15-20(16-11-13-17(24)14-12-16)25-26(21)31(27,28)18-7-4-3-5-8-18/h3-14,21H,15H2,1-2H3/t21-/m0/s1. The van der Waals surface area contributed by atoms with E-state index in [1.165, 1.54) is 4.41 Å². The number of nitrogens with zero attached hydrogens (tertiary/aromatic N) is 2. The number of para-hydroxylation sites is 1. The van der Waals surface area contributed by atoms with Crippen molar-refractivity contribution >= 4 is 31.7 Å². The van der Waals surface area contributed by atoms with E-state index in [-0.39, 0.29) is 4.90 Å². The van der Waals surface area contributed by atoms with Gasteiger partial charge >= 0.3 is 0 Å². The van der Waals surface area contributed by atoms with Gasteiger partial charge in [0.05, 0.1) is 30.9 Å². The Labute approximate surface area is 190 Å². The summed E-state index contributed by atoms with van der Waals surface area (Å²) in [6.45, 7) is 0. The van der Waals surface area contributed by atoms with Crippen molar-refractivity contribution in [3.63, 3.8) is 0 Å². The Morgan fingerprint density at radius 1 is 0.935 bits per heavy atom. The van der Waals surface area contributed by atoms with Gasteiger partial charge in [0.15, 0.2) is 11.5 Å². The Morgan fingerprint density at radius 3 is 2.29 bits per heavy atom. The summed E-state index contributed by atoms with van der Waals surface area (Å²) in [6, 6.07) is 20.8. The lowest BCUT2D eigenvalue weighted by atomic mass is 9.98. The molecule has 1 aliphatic heterocycles. The number of hydrazone groups is 1. The molecule has 0 saturated heterocycles. The summed E-state index contributed by atoms with van der Waals surface area (Å²) in [6.07, 6.45) is 0.400. The number of rotatable bonds is 6. The fourth-order valence-electron chi connectivity index (χ4n) is 3.63. The van der Waals surface area contributed by atoms with Crippen LogP contribution in [0.5, 0.6) is 11.5 Å². The molecule has 1 aliphatic rings. The summed E-state index contributed by atoms with van der Waals surface area (Å²) in [5, 5.41) is 4.58. The molecule has 3 aromatic carbocycles. The molecule has 0 amide bonds. The van der Waals surface area contributed by atoms with E-state index in [2.05, 4.69) is 21.0 Å². The summed E-state index contributed by atoms with van der Waals surface area (Å²) in [4.78, 5) is 0.183. The van der Waals surface area contributed by atoms with Gasteiger partial charge in [0.25, 0.3) is 10.0 Å². The predicted octanol–water partition coefficient (Wildman–Crippen LogP) is 5.01. The van der Waals surface area contributed by atoms with E-state index in [4.69, 9.17) is 9.47 Å². The zero-order chi connectivity index (χ0) is 22.0. The van der Waals surface area contributed by atoms with Crippen LogP contribution in [0.25, 0.3) is 0 Å². The Kier molecular flexibility index (Phi) is 6.02. The molecule has 0 saturated carbocycles. The lowest BCUT2D eigenvalue weighted by Gasteiger charge is -2.25. The lowest BCUT2D eigenvalue weighted by molar-refractivity contribution is 0.328. The highest BCUT2D eigenvalue weighted by atomic mass is 79.9. The topological polar surface area (TPSA) is 68.2 Å². The van der Waals surface area contributed by atoms with E-state index in [1.54, 1.807) is 50.6 Å². The van der Waals surface area contributed by atoms with Gasteiger partial charge in [-0.2, -0.15) is 17.9 Å². The van der Waals surface area contributed by atoms with Crippen molar-refractivity contribution in [3.05, 3.63) is 88.4 Å². The van der Waals surface area contributed by atoms with Gasteiger partial charge in [0.2, 0.25) is 0 Å². The van der Waals surface area contributed by atoms with E-state index >= 15 is 0 Å². The van der Waals surface area contributed by atoms with Crippen LogP contribution in [0, 0.1) is 0 Å². The summed E-state index contributed by atoms with van der Waals surface area (Å²) in [7, 11) is -0.791. The number of hydrogen-bond acceptors (Lipinski definition) is 5. The maximum atomic E-state index is 13.5. The molecule has 0 fully saturated rings. The van der Waals surface area contributed by atoms with Gasteiger partial charge in [-0.25, -0.2) is 0 Å². The van der Waals surface area contributed by atoms with E-state index in [9.17, 15) is 8.42 Å². The van der Waals surface area contributed by atoms with Crippen LogP contribution in [-0.2, 0) is 10.0 Å². The molecule has 0 aliphatic carbocycles. The van der Waals surface area contributed by atoms with Crippen molar-refractivity contribution in [2.24, 2.45) is 5.10 Å². The molecular formula is C23H21BrN2O4S. The average molecular weight is 501 g/mol. The number of ether oxygens (including phenoxy) is 2. The maximum Gasteiger partial charge on any atom is 0.279 e. The zero-order valence-electron chi connectivity index (χ0n) is 17.0. The molecule has 0 spiro atoms. The second-order valence-electron chi connectivity index (χ2n) is 6.95. The van der Waals surface area contributed by atoms with Gasteiger partial charge in [-0.05, 0) is 35.9 Å². The number of hydrogen-bond donors (Lipinski definition) is 0. The van der Waals surface area contributed by atoms with E-state index in [0.29, 0.717) is 29.2 Å². The van der Waals surface area contributed by atoms with Gasteiger partial charge in [0, 0.05) is 16.5 Å². The Hall–Kier alpha value is -2.84. The summed E-state index contributed by atoms with van der Waals surface area (Å²) >= 11 is 3.43. The summed E-state index contributed by atoms with van der Waals surface area (Å²) in [5.74, 6) is 1.03. The molecule has 4 rings (SSSR count). The van der Waals surface area contributed by atoms with Crippen LogP contribution >= 0.6 is 15.9 Å². The molecule has 31 heavy (non-hydrogen) atoms. The van der Waals surface area contributed by atoms with Crippen molar-refractivity contribution in [3.8, 4) is 11.5 Å². The van der Waals surface area contributed by atoms with Crippen LogP contribution in [0.15, 0.2) is 87.3 Å². The molecule has 160 valence electrons. The van der Waals surface area contributed by atoms with Crippen LogP contribution in [0.4, 0.5) is 0 Å². The molecule has 8 heteroatoms. The molecule has 0 radical (unpaired) electrons. The molecule has 0 bridgehead atoms. The molecular weight excluding hydrogens is 480 g/mol. The van der Waals surface area contributed by atoms with E-state index in [0.717, 1.165) is 10.0 Å². The second kappa shape index (κ2) is 8.72. The van der Waals surface area contributed by atoms with Gasteiger partial charge in [-0.3, -0.25) is 0 Å². The van der Waals surface area contributed by atoms with E-state index < -0.39 is 16.1 Å². The monoisotopic (exact) mass is 500 g/mol. The first-order chi connectivity index (χ1) is 15.0. The summed E-state index contributed by atoms with van der Waals surface area (Å²) in [5.41, 5.74) is 2.24. The maximum absolute atomic E-state index is 13.5. The fourth-order valence-corrected chi connectivity index (χ4v) is 5.34. The molecule has 0 N–H and O–H groups in total. The first-order valence-corrected chi connectivity index (χ1v) is 11.8. The fraction of sp³-hybridized carbons (Fsp3) is 0.174. The second-order valence-corrected chi connectivity index (χ2v) is 9.66. The molecule has 6 nitrogen and oxygen atoms in total. The molecule has 0 aromatic heterocycles. The molecule has 1 heterocycles. The molecule has 3 aromatic rings. The van der Waals surface area contributed by atoms with Gasteiger partial charge in [-0.1, -0.05) is 58.4 Å². The quantitative estimate of drug-likeness (QED) is 0.477. The highest BCUT2D eigenvalue weighted by Gasteiger charge is 2.39. The first kappa shape index (κ1) is 21.4. The zero-order valence-corrected chi connectivity index (χ0v) is 19.4. The number of halogens is 1. The third kappa shape index (κ3) is 4.05. The van der Waals surface area contributed by atoms with Gasteiger partial charge < -0.3 is 9.47 Å². The first-order valence-electron chi connectivity index (χ1n) is 9.59. The third-order valence-corrected chi connectivity index (χ3v) is 7.35. The van der Waals surface area contributed by atoms with Crippen molar-refractivity contribution in [1.29, 1.82) is 0 Å². The van der Waals surface area contributed by atoms with Crippen molar-refractivity contribution in [2.75, 3.05) is 14.2 Å². The molecule has 1 atom stereocenters. The lowest BCUT2D eigenvalue weighted by Crippen LogP contribution is -2.27. The van der Waals surface area contributed by atoms with Crippen molar-refractivity contribution < 1.29 is 17.9 Å². The van der Waals surface area contributed by atoms with Crippen LogP contribution in [0.1, 0.15) is 23.6 Å². The smallest absolute Gasteiger partial charge is 0.279 e. The Balaban J connectivity index is 1.85. The number of sulfonamides is 1. The number of methoxy groups -OCH3 is 2. The SMILES string of the molecule is COc1cccc([C@@H]2CC(c3ccc(Br)cc3)=NN2S(=O)(=O)c2ccccc2)c1OC. The Bertz CT molecular complexity index is 1210. The average Bonchev–Trinajstić information content (AvgIpc) is 3.25.